The fourth-order valence-electron chi connectivity index (χ4n) is 3.44. The highest BCUT2D eigenvalue weighted by atomic mass is 32.1. The first-order valence-corrected chi connectivity index (χ1v) is 10.7. The molecule has 0 atom stereocenters. The van der Waals surface area contributed by atoms with E-state index in [0.717, 1.165) is 15.8 Å². The van der Waals surface area contributed by atoms with E-state index in [2.05, 4.69) is 37.1 Å². The van der Waals surface area contributed by atoms with Crippen LogP contribution in [0.1, 0.15) is 48.3 Å². The van der Waals surface area contributed by atoms with E-state index in [-0.39, 0.29) is 5.91 Å². The molecule has 2 heterocycles. The second-order valence-electron chi connectivity index (χ2n) is 7.25. The lowest BCUT2D eigenvalue weighted by Gasteiger charge is -2.20. The van der Waals surface area contributed by atoms with Gasteiger partial charge in [-0.1, -0.05) is 67.6 Å². The number of carbonyl (C=O) groups is 1. The number of anilines is 1. The molecule has 0 radical (unpaired) electrons. The monoisotopic (exact) mass is 404 g/mol. The maximum absolute atomic E-state index is 13.5. The van der Waals surface area contributed by atoms with Crippen LogP contribution in [-0.4, -0.2) is 20.7 Å². The summed E-state index contributed by atoms with van der Waals surface area (Å²) in [6.45, 7) is 7.43. The largest absolute Gasteiger partial charge is 0.278 e. The molecule has 148 valence electrons. The number of amides is 1. The topological polar surface area (TPSA) is 51.0 Å². The van der Waals surface area contributed by atoms with Crippen LogP contribution < -0.4 is 4.90 Å². The van der Waals surface area contributed by atoms with E-state index in [4.69, 9.17) is 4.98 Å². The molecule has 0 aliphatic carbocycles. The number of para-hydroxylation sites is 1. The first kappa shape index (κ1) is 19.3. The van der Waals surface area contributed by atoms with Gasteiger partial charge < -0.3 is 0 Å². The van der Waals surface area contributed by atoms with Crippen molar-refractivity contribution in [2.45, 2.75) is 39.8 Å². The summed E-state index contributed by atoms with van der Waals surface area (Å²) in [6.07, 6.45) is 1.67. The summed E-state index contributed by atoms with van der Waals surface area (Å²) in [7, 11) is 0. The summed E-state index contributed by atoms with van der Waals surface area (Å²) < 4.78 is 2.83. The Bertz CT molecular complexity index is 1130. The molecular weight excluding hydrogens is 380 g/mol. The average Bonchev–Trinajstić information content (AvgIpc) is 3.38. The molecule has 29 heavy (non-hydrogen) atoms. The third kappa shape index (κ3) is 3.80. The van der Waals surface area contributed by atoms with Crippen molar-refractivity contribution in [3.63, 3.8) is 0 Å². The van der Waals surface area contributed by atoms with Gasteiger partial charge in [0, 0.05) is 12.7 Å². The highest BCUT2D eigenvalue weighted by Crippen LogP contribution is 2.34. The van der Waals surface area contributed by atoms with E-state index >= 15 is 0 Å². The van der Waals surface area contributed by atoms with E-state index < -0.39 is 0 Å². The fourth-order valence-corrected chi connectivity index (χ4v) is 4.43. The van der Waals surface area contributed by atoms with Gasteiger partial charge in [0.25, 0.3) is 5.91 Å². The number of hydrogen-bond acceptors (Lipinski definition) is 4. The van der Waals surface area contributed by atoms with Crippen molar-refractivity contribution in [3.05, 3.63) is 77.6 Å². The maximum atomic E-state index is 13.5. The Kier molecular flexibility index (Phi) is 5.45. The second-order valence-corrected chi connectivity index (χ2v) is 8.26. The summed E-state index contributed by atoms with van der Waals surface area (Å²) in [6, 6.07) is 18.1. The molecule has 0 saturated carbocycles. The van der Waals surface area contributed by atoms with Gasteiger partial charge in [0.05, 0.1) is 16.8 Å². The molecule has 0 unspecified atom stereocenters. The zero-order valence-corrected chi connectivity index (χ0v) is 17.7. The summed E-state index contributed by atoms with van der Waals surface area (Å²) in [5, 5.41) is 4.98. The number of rotatable bonds is 6. The zero-order chi connectivity index (χ0) is 20.4. The molecule has 0 spiro atoms. The van der Waals surface area contributed by atoms with Gasteiger partial charge in [-0.05, 0) is 36.1 Å². The highest BCUT2D eigenvalue weighted by molar-refractivity contribution is 7.22. The van der Waals surface area contributed by atoms with Crippen LogP contribution in [0.3, 0.4) is 0 Å². The van der Waals surface area contributed by atoms with E-state index in [0.29, 0.717) is 29.8 Å². The second kappa shape index (κ2) is 8.17. The molecule has 4 aromatic rings. The lowest BCUT2D eigenvalue weighted by Crippen LogP contribution is -2.32. The normalized spacial score (nSPS) is 11.3. The van der Waals surface area contributed by atoms with Crippen molar-refractivity contribution in [2.75, 3.05) is 4.90 Å². The van der Waals surface area contributed by atoms with E-state index in [1.165, 1.54) is 5.56 Å². The molecule has 2 aromatic carbocycles. The number of hydrogen-bond donors (Lipinski definition) is 0. The molecule has 6 heteroatoms. The minimum Gasteiger partial charge on any atom is -0.278 e. The smallest absolute Gasteiger partial charge is 0.278 e. The first-order valence-electron chi connectivity index (χ1n) is 9.85. The zero-order valence-electron chi connectivity index (χ0n) is 16.9. The highest BCUT2D eigenvalue weighted by Gasteiger charge is 2.25. The van der Waals surface area contributed by atoms with E-state index in [1.54, 1.807) is 33.2 Å². The third-order valence-corrected chi connectivity index (χ3v) is 6.00. The Morgan fingerprint density at radius 3 is 2.62 bits per heavy atom. The number of aryl methyl sites for hydroxylation is 1. The van der Waals surface area contributed by atoms with Gasteiger partial charge in [-0.25, -0.2) is 4.98 Å². The molecule has 0 aliphatic rings. The minimum absolute atomic E-state index is 0.0849. The quantitative estimate of drug-likeness (QED) is 0.427. The maximum Gasteiger partial charge on any atom is 0.278 e. The van der Waals surface area contributed by atoms with Gasteiger partial charge in [0.15, 0.2) is 5.13 Å². The molecular formula is C23H24N4OS. The van der Waals surface area contributed by atoms with Crippen molar-refractivity contribution in [2.24, 2.45) is 0 Å². The Morgan fingerprint density at radius 2 is 1.90 bits per heavy atom. The Morgan fingerprint density at radius 1 is 1.10 bits per heavy atom. The predicted octanol–water partition coefficient (Wildman–Crippen LogP) is 5.48. The molecule has 5 nitrogen and oxygen atoms in total. The molecule has 1 amide bonds. The molecule has 0 saturated heterocycles. The Labute approximate surface area is 174 Å². The molecule has 0 bridgehead atoms. The molecule has 0 fully saturated rings. The standard InChI is InChI=1S/C23H24N4OS/c1-4-27-19(13-14-24-27)22(28)26(15-17-9-6-5-7-10-17)23-25-21-18(16(2)3)11-8-12-20(21)29-23/h5-14,16H,4,15H2,1-3H3. The number of carbonyl (C=O) groups excluding carboxylic acids is 1. The summed E-state index contributed by atoms with van der Waals surface area (Å²) in [4.78, 5) is 20.2. The van der Waals surface area contributed by atoms with Crippen LogP contribution in [0, 0.1) is 0 Å². The van der Waals surface area contributed by atoms with Crippen LogP contribution in [0.25, 0.3) is 10.2 Å². The van der Waals surface area contributed by atoms with Gasteiger partial charge >= 0.3 is 0 Å². The first-order chi connectivity index (χ1) is 14.1. The summed E-state index contributed by atoms with van der Waals surface area (Å²) >= 11 is 1.56. The van der Waals surface area contributed by atoms with Crippen molar-refractivity contribution in [3.8, 4) is 0 Å². The predicted molar refractivity (Wildman–Crippen MR) is 119 cm³/mol. The lowest BCUT2D eigenvalue weighted by atomic mass is 10.0. The van der Waals surface area contributed by atoms with Gasteiger partial charge in [-0.15, -0.1) is 0 Å². The van der Waals surface area contributed by atoms with Gasteiger partial charge in [-0.2, -0.15) is 5.10 Å². The van der Waals surface area contributed by atoms with Crippen LogP contribution in [-0.2, 0) is 13.1 Å². The summed E-state index contributed by atoms with van der Waals surface area (Å²) in [5.41, 5.74) is 3.83. The Hall–Kier alpha value is -2.99. The van der Waals surface area contributed by atoms with Crippen molar-refractivity contribution in [1.29, 1.82) is 0 Å². The van der Waals surface area contributed by atoms with Crippen LogP contribution in [0.15, 0.2) is 60.8 Å². The van der Waals surface area contributed by atoms with Crippen LogP contribution >= 0.6 is 11.3 Å². The average molecular weight is 405 g/mol. The molecule has 0 aliphatic heterocycles. The SMILES string of the molecule is CCn1nccc1C(=O)N(Cc1ccccc1)c1nc2c(C(C)C)cccc2s1. The van der Waals surface area contributed by atoms with Gasteiger partial charge in [-0.3, -0.25) is 14.4 Å². The molecule has 2 aromatic heterocycles. The van der Waals surface area contributed by atoms with Crippen LogP contribution in [0.4, 0.5) is 5.13 Å². The van der Waals surface area contributed by atoms with Crippen molar-refractivity contribution >= 4 is 32.6 Å². The third-order valence-electron chi connectivity index (χ3n) is 4.96. The number of nitrogens with zero attached hydrogens (tertiary/aromatic N) is 4. The van der Waals surface area contributed by atoms with Gasteiger partial charge in [0.1, 0.15) is 5.69 Å². The van der Waals surface area contributed by atoms with Crippen LogP contribution in [0.5, 0.6) is 0 Å². The minimum atomic E-state index is -0.0849. The number of aromatic nitrogens is 3. The molecule has 0 N–H and O–H groups in total. The number of fused-ring (bicyclic) bond motifs is 1. The van der Waals surface area contributed by atoms with Crippen molar-refractivity contribution in [1.82, 2.24) is 14.8 Å². The van der Waals surface area contributed by atoms with Crippen LogP contribution in [0.2, 0.25) is 0 Å². The van der Waals surface area contributed by atoms with Gasteiger partial charge in [0.2, 0.25) is 0 Å². The number of thiazole rings is 1. The lowest BCUT2D eigenvalue weighted by molar-refractivity contribution is 0.0975. The van der Waals surface area contributed by atoms with E-state index in [1.807, 2.05) is 37.3 Å². The number of benzene rings is 2. The molecule has 4 rings (SSSR count). The van der Waals surface area contributed by atoms with Crippen molar-refractivity contribution < 1.29 is 4.79 Å². The summed E-state index contributed by atoms with van der Waals surface area (Å²) in [5.74, 6) is 0.284. The Balaban J connectivity index is 1.81. The fraction of sp³-hybridized carbons (Fsp3) is 0.261. The van der Waals surface area contributed by atoms with E-state index in [9.17, 15) is 4.79 Å².